The molecule has 0 aliphatic rings. The van der Waals surface area contributed by atoms with Gasteiger partial charge in [-0.25, -0.2) is 9.78 Å². The molecule has 0 aliphatic carbocycles. The minimum Gasteiger partial charge on any atom is -0.495 e. The third-order valence-corrected chi connectivity index (χ3v) is 4.21. The Balaban J connectivity index is 2.00. The van der Waals surface area contributed by atoms with Gasteiger partial charge in [0.15, 0.2) is 6.61 Å². The molecule has 0 fully saturated rings. The molecule has 6 nitrogen and oxygen atoms in total. The number of rotatable bonds is 5. The second-order valence-corrected chi connectivity index (χ2v) is 6.10. The number of aryl methyl sites for hydroxylation is 1. The molecule has 1 heterocycles. The van der Waals surface area contributed by atoms with Crippen LogP contribution in [0.3, 0.4) is 0 Å². The number of nitrogens with one attached hydrogen (secondary N) is 1. The molecule has 1 amide bonds. The predicted molar refractivity (Wildman–Crippen MR) is 95.9 cm³/mol. The van der Waals surface area contributed by atoms with Crippen LogP contribution in [0.1, 0.15) is 15.9 Å². The van der Waals surface area contributed by atoms with Crippen molar-refractivity contribution in [3.05, 3.63) is 50.7 Å². The van der Waals surface area contributed by atoms with Crippen molar-refractivity contribution in [2.45, 2.75) is 6.92 Å². The van der Waals surface area contributed by atoms with Crippen LogP contribution in [0, 0.1) is 6.92 Å². The number of carbonyl (C=O) groups is 2. The Kier molecular flexibility index (Phi) is 6.47. The normalized spacial score (nSPS) is 10.3. The highest BCUT2D eigenvalue weighted by molar-refractivity contribution is 6.41. The van der Waals surface area contributed by atoms with E-state index in [4.69, 9.17) is 44.3 Å². The fourth-order valence-electron chi connectivity index (χ4n) is 1.86. The van der Waals surface area contributed by atoms with Crippen molar-refractivity contribution in [3.63, 3.8) is 0 Å². The van der Waals surface area contributed by atoms with Crippen molar-refractivity contribution < 1.29 is 19.1 Å². The lowest BCUT2D eigenvalue weighted by Crippen LogP contribution is -2.21. The van der Waals surface area contributed by atoms with Crippen LogP contribution in [0.4, 0.5) is 5.69 Å². The van der Waals surface area contributed by atoms with Crippen molar-refractivity contribution in [2.24, 2.45) is 0 Å². The van der Waals surface area contributed by atoms with Gasteiger partial charge in [-0.2, -0.15) is 0 Å². The number of halogens is 3. The van der Waals surface area contributed by atoms with Gasteiger partial charge in [-0.15, -0.1) is 0 Å². The summed E-state index contributed by atoms with van der Waals surface area (Å²) < 4.78 is 10.1. The first kappa shape index (κ1) is 19.3. The van der Waals surface area contributed by atoms with Crippen LogP contribution in [0.2, 0.25) is 15.2 Å². The van der Waals surface area contributed by atoms with Crippen LogP contribution < -0.4 is 10.1 Å². The lowest BCUT2D eigenvalue weighted by Gasteiger charge is -2.12. The summed E-state index contributed by atoms with van der Waals surface area (Å²) >= 11 is 17.5. The van der Waals surface area contributed by atoms with E-state index in [-0.39, 0.29) is 15.7 Å². The first-order valence-electron chi connectivity index (χ1n) is 6.94. The molecule has 1 aromatic carbocycles. The maximum Gasteiger partial charge on any atom is 0.340 e. The topological polar surface area (TPSA) is 77.5 Å². The molecule has 2 aromatic rings. The molecule has 0 saturated carbocycles. The molecule has 0 atom stereocenters. The van der Waals surface area contributed by atoms with E-state index in [2.05, 4.69) is 10.3 Å². The average molecular weight is 404 g/mol. The number of anilines is 1. The Morgan fingerprint density at radius 2 is 1.88 bits per heavy atom. The third-order valence-electron chi connectivity index (χ3n) is 3.12. The van der Waals surface area contributed by atoms with Crippen LogP contribution >= 0.6 is 34.8 Å². The zero-order valence-corrected chi connectivity index (χ0v) is 15.5. The van der Waals surface area contributed by atoms with Gasteiger partial charge in [-0.1, -0.05) is 34.8 Å². The molecule has 0 radical (unpaired) electrons. The van der Waals surface area contributed by atoms with E-state index in [1.807, 2.05) is 0 Å². The second kappa shape index (κ2) is 8.38. The summed E-state index contributed by atoms with van der Waals surface area (Å²) in [5.74, 6) is -0.897. The largest absolute Gasteiger partial charge is 0.495 e. The quantitative estimate of drug-likeness (QED) is 0.599. The number of benzene rings is 1. The molecule has 9 heteroatoms. The van der Waals surface area contributed by atoms with Crippen LogP contribution in [0.15, 0.2) is 24.4 Å². The first-order chi connectivity index (χ1) is 11.8. The molecule has 132 valence electrons. The summed E-state index contributed by atoms with van der Waals surface area (Å²) in [5.41, 5.74) is 1.26. The highest BCUT2D eigenvalue weighted by Crippen LogP contribution is 2.30. The molecule has 0 aliphatic heterocycles. The third kappa shape index (κ3) is 4.98. The Hall–Kier alpha value is -2.02. The zero-order valence-electron chi connectivity index (χ0n) is 13.2. The molecular formula is C16H13Cl3N2O4. The smallest absolute Gasteiger partial charge is 0.340 e. The van der Waals surface area contributed by atoms with E-state index in [1.165, 1.54) is 19.4 Å². The molecule has 2 rings (SSSR count). The number of amides is 1. The molecule has 25 heavy (non-hydrogen) atoms. The van der Waals surface area contributed by atoms with Gasteiger partial charge in [0.2, 0.25) is 0 Å². The van der Waals surface area contributed by atoms with Crippen LogP contribution in [-0.4, -0.2) is 30.6 Å². The van der Waals surface area contributed by atoms with Crippen LogP contribution in [0.25, 0.3) is 0 Å². The number of aromatic nitrogens is 1. The van der Waals surface area contributed by atoms with Crippen molar-refractivity contribution in [3.8, 4) is 5.75 Å². The minimum absolute atomic E-state index is 0.0705. The van der Waals surface area contributed by atoms with Gasteiger partial charge < -0.3 is 14.8 Å². The number of methoxy groups -OCH3 is 1. The van der Waals surface area contributed by atoms with Gasteiger partial charge in [0, 0.05) is 17.3 Å². The van der Waals surface area contributed by atoms with Gasteiger partial charge in [0.25, 0.3) is 5.91 Å². The molecule has 0 bridgehead atoms. The van der Waals surface area contributed by atoms with E-state index in [9.17, 15) is 9.59 Å². The van der Waals surface area contributed by atoms with E-state index >= 15 is 0 Å². The van der Waals surface area contributed by atoms with Crippen LogP contribution in [-0.2, 0) is 9.53 Å². The van der Waals surface area contributed by atoms with Crippen LogP contribution in [0.5, 0.6) is 5.75 Å². The van der Waals surface area contributed by atoms with E-state index in [0.717, 1.165) is 5.56 Å². The van der Waals surface area contributed by atoms with Gasteiger partial charge in [0.1, 0.15) is 10.9 Å². The highest BCUT2D eigenvalue weighted by Gasteiger charge is 2.14. The monoisotopic (exact) mass is 402 g/mol. The highest BCUT2D eigenvalue weighted by atomic mass is 35.5. The fraction of sp³-hybridized carbons (Fsp3) is 0.188. The predicted octanol–water partition coefficient (Wildman–Crippen LogP) is 4.15. The van der Waals surface area contributed by atoms with Crippen molar-refractivity contribution >= 4 is 52.4 Å². The minimum atomic E-state index is -0.750. The van der Waals surface area contributed by atoms with Crippen molar-refractivity contribution in [1.82, 2.24) is 4.98 Å². The summed E-state index contributed by atoms with van der Waals surface area (Å²) in [6, 6.07) is 4.55. The molecule has 0 unspecified atom stereocenters. The SMILES string of the molecule is COc1cc(Cl)c(C)cc1NC(=O)COC(=O)c1cnc(Cl)c(Cl)c1. The van der Waals surface area contributed by atoms with Gasteiger partial charge in [0.05, 0.1) is 23.4 Å². The molecule has 0 saturated heterocycles. The lowest BCUT2D eigenvalue weighted by atomic mass is 10.2. The summed E-state index contributed by atoms with van der Waals surface area (Å²) in [7, 11) is 1.45. The van der Waals surface area contributed by atoms with E-state index < -0.39 is 18.5 Å². The summed E-state index contributed by atoms with van der Waals surface area (Å²) in [6.07, 6.45) is 1.21. The number of carbonyl (C=O) groups excluding carboxylic acids is 2. The summed E-state index contributed by atoms with van der Waals surface area (Å²) in [4.78, 5) is 27.6. The summed E-state index contributed by atoms with van der Waals surface area (Å²) in [5, 5.41) is 3.29. The number of pyridine rings is 1. The van der Waals surface area contributed by atoms with Gasteiger partial charge in [-0.3, -0.25) is 4.79 Å². The molecule has 1 aromatic heterocycles. The Morgan fingerprint density at radius 1 is 1.16 bits per heavy atom. The Morgan fingerprint density at radius 3 is 2.52 bits per heavy atom. The number of esters is 1. The average Bonchev–Trinajstić information content (AvgIpc) is 2.58. The Bertz CT molecular complexity index is 827. The standard InChI is InChI=1S/C16H13Cl3N2O4/c1-8-3-12(13(24-2)5-10(8)17)21-14(22)7-25-16(23)9-4-11(18)15(19)20-6-9/h3-6H,7H2,1-2H3,(H,21,22). The molecule has 1 N–H and O–H groups in total. The molecular weight excluding hydrogens is 391 g/mol. The lowest BCUT2D eigenvalue weighted by molar-refractivity contribution is -0.119. The molecule has 0 spiro atoms. The fourth-order valence-corrected chi connectivity index (χ4v) is 2.29. The number of nitrogens with zero attached hydrogens (tertiary/aromatic N) is 1. The van der Waals surface area contributed by atoms with Gasteiger partial charge in [-0.05, 0) is 24.6 Å². The number of hydrogen-bond acceptors (Lipinski definition) is 5. The van der Waals surface area contributed by atoms with Gasteiger partial charge >= 0.3 is 5.97 Å². The first-order valence-corrected chi connectivity index (χ1v) is 8.07. The maximum atomic E-state index is 12.0. The number of ether oxygens (including phenoxy) is 2. The van der Waals surface area contributed by atoms with E-state index in [1.54, 1.807) is 19.1 Å². The maximum absolute atomic E-state index is 12.0. The second-order valence-electron chi connectivity index (χ2n) is 4.92. The van der Waals surface area contributed by atoms with Crippen molar-refractivity contribution in [2.75, 3.05) is 19.0 Å². The van der Waals surface area contributed by atoms with E-state index in [0.29, 0.717) is 16.5 Å². The summed E-state index contributed by atoms with van der Waals surface area (Å²) in [6.45, 7) is 1.29. The number of hydrogen-bond donors (Lipinski definition) is 1. The Labute approximate surface area is 159 Å². The van der Waals surface area contributed by atoms with Crippen molar-refractivity contribution in [1.29, 1.82) is 0 Å². The zero-order chi connectivity index (χ0) is 18.6.